The number of fused-ring (bicyclic) bond motifs is 1. The van der Waals surface area contributed by atoms with Crippen LogP contribution in [0.25, 0.3) is 106 Å². The summed E-state index contributed by atoms with van der Waals surface area (Å²) < 4.78 is 2.38. The number of nitrogens with zero attached hydrogens (tertiary/aromatic N) is 1. The molecule has 63 heavy (non-hydrogen) atoms. The second-order valence-electron chi connectivity index (χ2n) is 16.2. The summed E-state index contributed by atoms with van der Waals surface area (Å²) in [6.45, 7) is 0. The average molecular weight is 802 g/mol. The lowest BCUT2D eigenvalue weighted by molar-refractivity contribution is 1.13. The minimum Gasteiger partial charge on any atom is -0.316 e. The van der Waals surface area contributed by atoms with Gasteiger partial charge in [0.05, 0.1) is 5.52 Å². The molecule has 1 aromatic heterocycles. The van der Waals surface area contributed by atoms with Crippen molar-refractivity contribution in [2.45, 2.75) is 0 Å². The maximum Gasteiger partial charge on any atom is 0.0535 e. The second kappa shape index (κ2) is 16.7. The zero-order valence-corrected chi connectivity index (χ0v) is 34.8. The molecule has 0 spiro atoms. The predicted molar refractivity (Wildman–Crippen MR) is 267 cm³/mol. The molecule has 10 aromatic carbocycles. The van der Waals surface area contributed by atoms with Gasteiger partial charge in [0.2, 0.25) is 0 Å². The zero-order chi connectivity index (χ0) is 42.0. The van der Waals surface area contributed by atoms with Crippen LogP contribution in [0.15, 0.2) is 261 Å². The minimum absolute atomic E-state index is 1.12. The SMILES string of the molecule is c1ccc(-c2ccc(-c3ccc(-c4ccc5c(c4)c(-c4ccc(-c6ccc(-c7ccccc7)cc6)cc4)cn5-c4cc(-c5ccccc5)cc(-c5ccccc5)c4)cc3)cc2)cc1. The Kier molecular flexibility index (Phi) is 9.97. The van der Waals surface area contributed by atoms with E-state index in [1.807, 2.05) is 0 Å². The first kappa shape index (κ1) is 37.7. The highest BCUT2D eigenvalue weighted by Crippen LogP contribution is 2.39. The van der Waals surface area contributed by atoms with Crippen LogP contribution in [-0.4, -0.2) is 4.57 Å². The minimum atomic E-state index is 1.12. The van der Waals surface area contributed by atoms with Crippen LogP contribution in [0, 0.1) is 0 Å². The van der Waals surface area contributed by atoms with Crippen molar-refractivity contribution in [2.24, 2.45) is 0 Å². The quantitative estimate of drug-likeness (QED) is 0.137. The van der Waals surface area contributed by atoms with Gasteiger partial charge in [0.25, 0.3) is 0 Å². The molecule has 1 nitrogen and oxygen atoms in total. The van der Waals surface area contributed by atoms with E-state index in [0.29, 0.717) is 0 Å². The Morgan fingerprint density at radius 3 is 0.857 bits per heavy atom. The Balaban J connectivity index is 0.995. The molecule has 296 valence electrons. The van der Waals surface area contributed by atoms with Crippen LogP contribution in [0.2, 0.25) is 0 Å². The van der Waals surface area contributed by atoms with Crippen LogP contribution in [0.5, 0.6) is 0 Å². The lowest BCUT2D eigenvalue weighted by atomic mass is 9.96. The summed E-state index contributed by atoms with van der Waals surface area (Å²) in [7, 11) is 0. The third kappa shape index (κ3) is 7.69. The van der Waals surface area contributed by atoms with E-state index in [4.69, 9.17) is 0 Å². The highest BCUT2D eigenvalue weighted by Gasteiger charge is 2.16. The first-order valence-electron chi connectivity index (χ1n) is 21.6. The van der Waals surface area contributed by atoms with Crippen molar-refractivity contribution in [3.8, 4) is 94.7 Å². The van der Waals surface area contributed by atoms with Gasteiger partial charge in [0.1, 0.15) is 0 Å². The summed E-state index contributed by atoms with van der Waals surface area (Å²) in [5.74, 6) is 0. The molecule has 0 fully saturated rings. The highest BCUT2D eigenvalue weighted by atomic mass is 15.0. The maximum absolute atomic E-state index is 2.38. The molecule has 11 aromatic rings. The van der Waals surface area contributed by atoms with Crippen molar-refractivity contribution < 1.29 is 0 Å². The maximum atomic E-state index is 2.38. The molecule has 1 heteroatoms. The Bertz CT molecular complexity index is 3240. The van der Waals surface area contributed by atoms with Crippen molar-refractivity contribution in [3.05, 3.63) is 261 Å². The molecular formula is C62H43N. The van der Waals surface area contributed by atoms with Crippen molar-refractivity contribution in [1.82, 2.24) is 4.57 Å². The first-order chi connectivity index (χ1) is 31.2. The molecule has 0 N–H and O–H groups in total. The topological polar surface area (TPSA) is 4.93 Å². The van der Waals surface area contributed by atoms with Gasteiger partial charge in [-0.15, -0.1) is 0 Å². The lowest BCUT2D eigenvalue weighted by Crippen LogP contribution is -1.94. The van der Waals surface area contributed by atoms with Crippen LogP contribution >= 0.6 is 0 Å². The van der Waals surface area contributed by atoms with Crippen LogP contribution in [0.3, 0.4) is 0 Å². The summed E-state index contributed by atoms with van der Waals surface area (Å²) in [5.41, 5.74) is 21.5. The average Bonchev–Trinajstić information content (AvgIpc) is 3.76. The molecular weight excluding hydrogens is 759 g/mol. The van der Waals surface area contributed by atoms with Gasteiger partial charge < -0.3 is 4.57 Å². The van der Waals surface area contributed by atoms with E-state index in [1.54, 1.807) is 0 Å². The molecule has 0 aliphatic carbocycles. The fourth-order valence-corrected chi connectivity index (χ4v) is 8.87. The van der Waals surface area contributed by atoms with E-state index < -0.39 is 0 Å². The van der Waals surface area contributed by atoms with Gasteiger partial charge in [-0.2, -0.15) is 0 Å². The smallest absolute Gasteiger partial charge is 0.0535 e. The highest BCUT2D eigenvalue weighted by molar-refractivity contribution is 6.00. The molecule has 0 bridgehead atoms. The summed E-state index contributed by atoms with van der Waals surface area (Å²) in [5, 5.41) is 1.21. The van der Waals surface area contributed by atoms with Crippen LogP contribution in [0.1, 0.15) is 0 Å². The molecule has 0 saturated carbocycles. The monoisotopic (exact) mass is 801 g/mol. The van der Waals surface area contributed by atoms with Crippen LogP contribution in [0.4, 0.5) is 0 Å². The zero-order valence-electron chi connectivity index (χ0n) is 34.8. The van der Waals surface area contributed by atoms with Gasteiger partial charge in [-0.25, -0.2) is 0 Å². The van der Waals surface area contributed by atoms with E-state index in [-0.39, 0.29) is 0 Å². The molecule has 0 amide bonds. The standard InChI is InChI=1S/C62H43N/c1-5-13-44(14-6-1)48-21-25-50(26-22-48)52-29-31-54(32-30-52)56-37-38-62-60(42-56)61(55-35-33-53(34-36-55)51-27-23-49(24-28-51)45-15-7-2-8-16-45)43-63(62)59-40-57(46-17-9-3-10-18-46)39-58(41-59)47-19-11-4-12-20-47/h1-43H. The van der Waals surface area contributed by atoms with Crippen molar-refractivity contribution in [1.29, 1.82) is 0 Å². The fourth-order valence-electron chi connectivity index (χ4n) is 8.87. The van der Waals surface area contributed by atoms with Gasteiger partial charge in [-0.3, -0.25) is 0 Å². The summed E-state index contributed by atoms with van der Waals surface area (Å²) in [6.07, 6.45) is 2.33. The molecule has 0 unspecified atom stereocenters. The largest absolute Gasteiger partial charge is 0.316 e. The second-order valence-corrected chi connectivity index (χ2v) is 16.2. The van der Waals surface area contributed by atoms with E-state index in [1.165, 1.54) is 94.4 Å². The number of hydrogen-bond acceptors (Lipinski definition) is 0. The third-order valence-corrected chi connectivity index (χ3v) is 12.3. The number of benzene rings is 10. The van der Waals surface area contributed by atoms with Crippen LogP contribution in [-0.2, 0) is 0 Å². The molecule has 1 heterocycles. The van der Waals surface area contributed by atoms with E-state index in [0.717, 1.165) is 11.2 Å². The third-order valence-electron chi connectivity index (χ3n) is 12.3. The first-order valence-corrected chi connectivity index (χ1v) is 21.6. The summed E-state index contributed by atoms with van der Waals surface area (Å²) in [4.78, 5) is 0. The lowest BCUT2D eigenvalue weighted by Gasteiger charge is -2.13. The molecule has 0 radical (unpaired) electrons. The Hall–Kier alpha value is -8.26. The van der Waals surface area contributed by atoms with Crippen LogP contribution < -0.4 is 0 Å². The van der Waals surface area contributed by atoms with Gasteiger partial charge in [0, 0.05) is 22.8 Å². The Morgan fingerprint density at radius 1 is 0.206 bits per heavy atom. The molecule has 0 atom stereocenters. The van der Waals surface area contributed by atoms with Gasteiger partial charge in [-0.1, -0.05) is 224 Å². The fraction of sp³-hybridized carbons (Fsp3) is 0. The Labute approximate surface area is 369 Å². The molecule has 11 rings (SSSR count). The van der Waals surface area contributed by atoms with Crippen molar-refractivity contribution in [2.75, 3.05) is 0 Å². The molecule has 0 aliphatic rings. The summed E-state index contributed by atoms with van der Waals surface area (Å²) >= 11 is 0. The van der Waals surface area contributed by atoms with Gasteiger partial charge >= 0.3 is 0 Å². The van der Waals surface area contributed by atoms with E-state index >= 15 is 0 Å². The number of rotatable bonds is 9. The number of aromatic nitrogens is 1. The van der Waals surface area contributed by atoms with Gasteiger partial charge in [-0.05, 0) is 114 Å². The number of hydrogen-bond donors (Lipinski definition) is 0. The molecule has 0 saturated heterocycles. The Morgan fingerprint density at radius 2 is 0.492 bits per heavy atom. The van der Waals surface area contributed by atoms with Gasteiger partial charge in [0.15, 0.2) is 0 Å². The van der Waals surface area contributed by atoms with E-state index in [2.05, 4.69) is 266 Å². The van der Waals surface area contributed by atoms with Crippen molar-refractivity contribution >= 4 is 10.9 Å². The predicted octanol–water partition coefficient (Wildman–Crippen LogP) is 17.0. The van der Waals surface area contributed by atoms with Crippen molar-refractivity contribution in [3.63, 3.8) is 0 Å². The molecule has 0 aliphatic heterocycles. The normalized spacial score (nSPS) is 11.2. The summed E-state index contributed by atoms with van der Waals surface area (Å²) in [6, 6.07) is 92.3. The van der Waals surface area contributed by atoms with E-state index in [9.17, 15) is 0 Å².